The number of unbranched alkanes of at least 4 members (excludes halogenated alkanes) is 12. The summed E-state index contributed by atoms with van der Waals surface area (Å²) in [5.74, 6) is 0.558. The molecule has 0 aliphatic carbocycles. The van der Waals surface area contributed by atoms with E-state index >= 15 is 0 Å². The summed E-state index contributed by atoms with van der Waals surface area (Å²) in [5.41, 5.74) is 2.69. The van der Waals surface area contributed by atoms with Crippen molar-refractivity contribution < 1.29 is 18.8 Å². The number of hydrogen-bond donors (Lipinski definition) is 0. The molecule has 0 saturated carbocycles. The summed E-state index contributed by atoms with van der Waals surface area (Å²) in [7, 11) is 4.48. The molecule has 40 heavy (non-hydrogen) atoms. The summed E-state index contributed by atoms with van der Waals surface area (Å²) >= 11 is 0. The van der Waals surface area contributed by atoms with Crippen LogP contribution in [0.2, 0.25) is 0 Å². The van der Waals surface area contributed by atoms with Crippen molar-refractivity contribution >= 4 is 5.97 Å². The molecule has 4 nitrogen and oxygen atoms in total. The number of carbonyl (C=O) groups is 1. The highest BCUT2D eigenvalue weighted by molar-refractivity contribution is 5.69. The Bertz CT molecular complexity index is 894. The largest absolute Gasteiger partial charge is 0.455 e. The van der Waals surface area contributed by atoms with E-state index in [9.17, 15) is 4.79 Å². The standard InChI is InChI=1S/C36H58NO3/c1-5-6-7-8-9-10-11-12-13-14-15-17-22-33-26-28-35(29-27-33)39-32(2)40-36(38)25-20-21-30-37(3,4)31-34-23-18-16-19-24-34/h16,18-19,23-24,26-29,32H,5-15,17,20-22,25,30-31H2,1-4H3/q+1. The molecular formula is C36H58NO3+. The molecule has 0 aliphatic heterocycles. The van der Waals surface area contributed by atoms with Crippen molar-refractivity contribution in [1.82, 2.24) is 0 Å². The van der Waals surface area contributed by atoms with E-state index < -0.39 is 6.29 Å². The van der Waals surface area contributed by atoms with Gasteiger partial charge in [0, 0.05) is 18.9 Å². The molecule has 224 valence electrons. The molecule has 2 rings (SSSR count). The molecule has 0 heterocycles. The molecule has 2 aromatic rings. The van der Waals surface area contributed by atoms with Crippen LogP contribution in [-0.2, 0) is 22.5 Å². The van der Waals surface area contributed by atoms with Gasteiger partial charge in [0.05, 0.1) is 20.6 Å². The average Bonchev–Trinajstić information content (AvgIpc) is 2.93. The van der Waals surface area contributed by atoms with E-state index in [1.807, 2.05) is 12.1 Å². The Morgan fingerprint density at radius 2 is 1.27 bits per heavy atom. The summed E-state index contributed by atoms with van der Waals surface area (Å²) in [5, 5.41) is 0. The van der Waals surface area contributed by atoms with Gasteiger partial charge in [-0.05, 0) is 43.4 Å². The first-order valence-electron chi connectivity index (χ1n) is 16.2. The number of benzene rings is 2. The predicted molar refractivity (Wildman–Crippen MR) is 168 cm³/mol. The van der Waals surface area contributed by atoms with E-state index in [1.54, 1.807) is 6.92 Å². The number of hydrogen-bond acceptors (Lipinski definition) is 3. The van der Waals surface area contributed by atoms with Crippen LogP contribution in [0, 0.1) is 0 Å². The summed E-state index contributed by atoms with van der Waals surface area (Å²) in [6, 6.07) is 18.8. The van der Waals surface area contributed by atoms with Gasteiger partial charge in [-0.3, -0.25) is 4.79 Å². The Hall–Kier alpha value is -2.33. The van der Waals surface area contributed by atoms with Crippen molar-refractivity contribution in [2.75, 3.05) is 20.6 Å². The highest BCUT2D eigenvalue weighted by Gasteiger charge is 2.16. The van der Waals surface area contributed by atoms with Crippen LogP contribution in [0.5, 0.6) is 5.75 Å². The fraction of sp³-hybridized carbons (Fsp3) is 0.639. The second-order valence-corrected chi connectivity index (χ2v) is 12.2. The van der Waals surface area contributed by atoms with Crippen LogP contribution in [0.25, 0.3) is 0 Å². The zero-order valence-electron chi connectivity index (χ0n) is 26.2. The lowest BCUT2D eigenvalue weighted by Crippen LogP contribution is -2.39. The molecule has 0 radical (unpaired) electrons. The highest BCUT2D eigenvalue weighted by Crippen LogP contribution is 2.18. The van der Waals surface area contributed by atoms with Gasteiger partial charge in [0.2, 0.25) is 6.29 Å². The van der Waals surface area contributed by atoms with Gasteiger partial charge in [-0.2, -0.15) is 0 Å². The maximum Gasteiger partial charge on any atom is 0.308 e. The SMILES string of the molecule is CCCCCCCCCCCCCCc1ccc(OC(C)OC(=O)CCCC[N+](C)(C)Cc2ccccc2)cc1. The van der Waals surface area contributed by atoms with E-state index in [1.165, 1.54) is 88.2 Å². The van der Waals surface area contributed by atoms with Crippen LogP contribution in [0.4, 0.5) is 0 Å². The van der Waals surface area contributed by atoms with Crippen molar-refractivity contribution in [2.45, 2.75) is 129 Å². The third-order valence-corrected chi connectivity index (χ3v) is 7.69. The lowest BCUT2D eigenvalue weighted by Gasteiger charge is -2.30. The molecule has 2 aromatic carbocycles. The summed E-state index contributed by atoms with van der Waals surface area (Å²) in [4.78, 5) is 12.3. The normalized spacial score (nSPS) is 12.3. The Labute approximate surface area is 246 Å². The lowest BCUT2D eigenvalue weighted by atomic mass is 10.0. The fourth-order valence-electron chi connectivity index (χ4n) is 5.33. The lowest BCUT2D eigenvalue weighted by molar-refractivity contribution is -0.903. The highest BCUT2D eigenvalue weighted by atomic mass is 16.7. The van der Waals surface area contributed by atoms with Crippen LogP contribution in [0.1, 0.15) is 121 Å². The molecule has 0 spiro atoms. The van der Waals surface area contributed by atoms with Crippen molar-refractivity contribution in [3.05, 3.63) is 65.7 Å². The monoisotopic (exact) mass is 552 g/mol. The maximum absolute atomic E-state index is 12.3. The summed E-state index contributed by atoms with van der Waals surface area (Å²) < 4.78 is 12.2. The Kier molecular flexibility index (Phi) is 17.4. The predicted octanol–water partition coefficient (Wildman–Crippen LogP) is 9.65. The van der Waals surface area contributed by atoms with Gasteiger partial charge in [0.1, 0.15) is 12.3 Å². The molecular weight excluding hydrogens is 494 g/mol. The molecule has 0 aliphatic rings. The number of esters is 1. The third kappa shape index (κ3) is 16.7. The third-order valence-electron chi connectivity index (χ3n) is 7.69. The Morgan fingerprint density at radius 3 is 1.88 bits per heavy atom. The number of ether oxygens (including phenoxy) is 2. The molecule has 1 atom stereocenters. The van der Waals surface area contributed by atoms with E-state index in [2.05, 4.69) is 63.5 Å². The van der Waals surface area contributed by atoms with Gasteiger partial charge < -0.3 is 14.0 Å². The van der Waals surface area contributed by atoms with Crippen LogP contribution >= 0.6 is 0 Å². The molecule has 0 fully saturated rings. The quantitative estimate of drug-likeness (QED) is 0.0596. The van der Waals surface area contributed by atoms with E-state index in [4.69, 9.17) is 9.47 Å². The summed E-state index contributed by atoms with van der Waals surface area (Å²) in [6.07, 6.45) is 19.3. The molecule has 1 unspecified atom stereocenters. The number of aryl methyl sites for hydroxylation is 1. The summed E-state index contributed by atoms with van der Waals surface area (Å²) in [6.45, 7) is 6.09. The van der Waals surface area contributed by atoms with Crippen molar-refractivity contribution in [3.8, 4) is 5.75 Å². The minimum absolute atomic E-state index is 0.190. The van der Waals surface area contributed by atoms with Gasteiger partial charge in [-0.15, -0.1) is 0 Å². The van der Waals surface area contributed by atoms with E-state index in [0.29, 0.717) is 6.42 Å². The van der Waals surface area contributed by atoms with E-state index in [0.717, 1.165) is 42.6 Å². The molecule has 0 saturated heterocycles. The minimum Gasteiger partial charge on any atom is -0.455 e. The van der Waals surface area contributed by atoms with Gasteiger partial charge in [-0.25, -0.2) is 0 Å². The van der Waals surface area contributed by atoms with Crippen LogP contribution in [0.15, 0.2) is 54.6 Å². The average molecular weight is 553 g/mol. The van der Waals surface area contributed by atoms with Crippen molar-refractivity contribution in [1.29, 1.82) is 0 Å². The van der Waals surface area contributed by atoms with Crippen molar-refractivity contribution in [2.24, 2.45) is 0 Å². The minimum atomic E-state index is -0.583. The topological polar surface area (TPSA) is 35.5 Å². The zero-order chi connectivity index (χ0) is 28.9. The Balaban J connectivity index is 1.50. The van der Waals surface area contributed by atoms with Gasteiger partial charge in [0.25, 0.3) is 0 Å². The van der Waals surface area contributed by atoms with Gasteiger partial charge >= 0.3 is 5.97 Å². The first-order chi connectivity index (χ1) is 19.4. The number of nitrogens with zero attached hydrogens (tertiary/aromatic N) is 1. The second kappa shape index (κ2) is 20.5. The van der Waals surface area contributed by atoms with Crippen LogP contribution in [0.3, 0.4) is 0 Å². The molecule has 0 amide bonds. The second-order valence-electron chi connectivity index (χ2n) is 12.2. The van der Waals surface area contributed by atoms with E-state index in [-0.39, 0.29) is 5.97 Å². The van der Waals surface area contributed by atoms with Crippen LogP contribution < -0.4 is 4.74 Å². The van der Waals surface area contributed by atoms with Crippen LogP contribution in [-0.4, -0.2) is 37.4 Å². The van der Waals surface area contributed by atoms with Gasteiger partial charge in [-0.1, -0.05) is 120 Å². The first kappa shape index (κ1) is 33.9. The number of rotatable bonds is 23. The molecule has 4 heteroatoms. The number of quaternary nitrogens is 1. The van der Waals surface area contributed by atoms with Crippen molar-refractivity contribution in [3.63, 3.8) is 0 Å². The maximum atomic E-state index is 12.3. The Morgan fingerprint density at radius 1 is 0.700 bits per heavy atom. The molecule has 0 aromatic heterocycles. The van der Waals surface area contributed by atoms with Gasteiger partial charge in [0.15, 0.2) is 0 Å². The molecule has 0 N–H and O–H groups in total. The number of carbonyl (C=O) groups excluding carboxylic acids is 1. The zero-order valence-corrected chi connectivity index (χ0v) is 26.2. The smallest absolute Gasteiger partial charge is 0.308 e. The molecule has 0 bridgehead atoms. The fourth-order valence-corrected chi connectivity index (χ4v) is 5.33. The first-order valence-corrected chi connectivity index (χ1v) is 16.2.